The second-order valence-electron chi connectivity index (χ2n) is 3.97. The Balaban J connectivity index is 0.00000144. The zero-order valence-electron chi connectivity index (χ0n) is 8.88. The lowest BCUT2D eigenvalue weighted by atomic mass is 9.84. The number of anilines is 1. The van der Waals surface area contributed by atoms with E-state index in [1.807, 2.05) is 6.07 Å². The van der Waals surface area contributed by atoms with Crippen molar-refractivity contribution in [3.63, 3.8) is 0 Å². The summed E-state index contributed by atoms with van der Waals surface area (Å²) in [7, 11) is 0. The zero-order valence-corrected chi connectivity index (χ0v) is 11.3. The van der Waals surface area contributed by atoms with E-state index in [0.29, 0.717) is 12.1 Å². The van der Waals surface area contributed by atoms with Gasteiger partial charge in [-0.1, -0.05) is 22.0 Å². The van der Waals surface area contributed by atoms with E-state index >= 15 is 0 Å². The molecule has 1 aliphatic carbocycles. The maximum Gasteiger partial charge on any atom is 0.233 e. The molecule has 0 fully saturated rings. The average Bonchev–Trinajstić information content (AvgIpc) is 2.22. The topological polar surface area (TPSA) is 95.2 Å². The van der Waals surface area contributed by atoms with Crippen LogP contribution in [0.15, 0.2) is 18.2 Å². The van der Waals surface area contributed by atoms with Gasteiger partial charge >= 0.3 is 0 Å². The van der Waals surface area contributed by atoms with Gasteiger partial charge in [0.2, 0.25) is 6.04 Å². The quantitative estimate of drug-likeness (QED) is 0.358. The van der Waals surface area contributed by atoms with Gasteiger partial charge in [-0.05, 0) is 23.3 Å². The number of hydrogen-bond donors (Lipinski definition) is 2. The molecule has 0 spiro atoms. The van der Waals surface area contributed by atoms with Gasteiger partial charge in [-0.25, -0.2) is 0 Å². The van der Waals surface area contributed by atoms with Crippen LogP contribution in [0.4, 0.5) is 5.69 Å². The Kier molecular flexibility index (Phi) is 4.35. The average molecular weight is 323 g/mol. The Morgan fingerprint density at radius 1 is 1.41 bits per heavy atom. The van der Waals surface area contributed by atoms with Crippen LogP contribution in [0.1, 0.15) is 28.4 Å². The van der Waals surface area contributed by atoms with Crippen molar-refractivity contribution in [3.8, 4) is 0 Å². The maximum atomic E-state index is 10.9. The Morgan fingerprint density at radius 2 is 2.06 bits per heavy atom. The molecule has 3 atom stereocenters. The van der Waals surface area contributed by atoms with E-state index in [9.17, 15) is 10.1 Å². The highest BCUT2D eigenvalue weighted by molar-refractivity contribution is 9.09. The number of rotatable bonds is 1. The van der Waals surface area contributed by atoms with Crippen molar-refractivity contribution >= 4 is 34.0 Å². The number of nitrogen functional groups attached to an aromatic ring is 1. The molecule has 0 bridgehead atoms. The van der Waals surface area contributed by atoms with Gasteiger partial charge in [0.15, 0.2) is 0 Å². The molecule has 0 aliphatic heterocycles. The van der Waals surface area contributed by atoms with Gasteiger partial charge in [-0.3, -0.25) is 10.1 Å². The fourth-order valence-corrected chi connectivity index (χ4v) is 2.88. The molecular formula is C10H13BrClN3O2. The van der Waals surface area contributed by atoms with Gasteiger partial charge in [0.1, 0.15) is 0 Å². The number of nitrogens with zero attached hydrogens (tertiary/aromatic N) is 1. The number of hydrogen-bond acceptors (Lipinski definition) is 4. The molecule has 3 unspecified atom stereocenters. The van der Waals surface area contributed by atoms with E-state index in [0.717, 1.165) is 11.1 Å². The SMILES string of the molecule is Cl.Nc1ccc2c(c1)C(N)C([N+](=O)[O-])CC2Br. The van der Waals surface area contributed by atoms with Crippen molar-refractivity contribution in [2.75, 3.05) is 5.73 Å². The number of nitrogens with two attached hydrogens (primary N) is 2. The molecule has 7 heteroatoms. The summed E-state index contributed by atoms with van der Waals surface area (Å²) in [5, 5.41) is 10.9. The molecule has 0 amide bonds. The molecule has 4 N–H and O–H groups in total. The van der Waals surface area contributed by atoms with Crippen LogP contribution in [0.5, 0.6) is 0 Å². The summed E-state index contributed by atoms with van der Waals surface area (Å²) < 4.78 is 0. The van der Waals surface area contributed by atoms with Gasteiger partial charge in [0, 0.05) is 21.9 Å². The predicted octanol–water partition coefficient (Wildman–Crippen LogP) is 2.18. The number of alkyl halides is 1. The Hall–Kier alpha value is -0.850. The molecule has 94 valence electrons. The van der Waals surface area contributed by atoms with Crippen LogP contribution < -0.4 is 11.5 Å². The zero-order chi connectivity index (χ0) is 11.9. The molecule has 17 heavy (non-hydrogen) atoms. The minimum atomic E-state index is -0.751. The number of fused-ring (bicyclic) bond motifs is 1. The van der Waals surface area contributed by atoms with Crippen LogP contribution >= 0.6 is 28.3 Å². The lowest BCUT2D eigenvalue weighted by Gasteiger charge is -2.29. The first-order valence-corrected chi connectivity index (χ1v) is 5.84. The number of nitro groups is 1. The lowest BCUT2D eigenvalue weighted by molar-refractivity contribution is -0.528. The highest BCUT2D eigenvalue weighted by Crippen LogP contribution is 2.41. The van der Waals surface area contributed by atoms with Crippen LogP contribution in [-0.2, 0) is 0 Å². The summed E-state index contributed by atoms with van der Waals surface area (Å²) in [4.78, 5) is 10.5. The number of halogens is 2. The van der Waals surface area contributed by atoms with Crippen molar-refractivity contribution in [1.82, 2.24) is 0 Å². The predicted molar refractivity (Wildman–Crippen MR) is 72.1 cm³/mol. The molecule has 1 aromatic carbocycles. The third-order valence-electron chi connectivity index (χ3n) is 2.94. The van der Waals surface area contributed by atoms with Crippen molar-refractivity contribution in [3.05, 3.63) is 39.4 Å². The molecule has 0 saturated carbocycles. The first kappa shape index (κ1) is 14.2. The summed E-state index contributed by atoms with van der Waals surface area (Å²) in [5.74, 6) is 0. The standard InChI is InChI=1S/C10H12BrN3O2.ClH/c11-8-4-9(14(15)16)10(13)7-3-5(12)1-2-6(7)8;/h1-3,8-10H,4,12-13H2;1H. The maximum absolute atomic E-state index is 10.9. The minimum absolute atomic E-state index is 0. The van der Waals surface area contributed by atoms with Crippen LogP contribution in [0, 0.1) is 10.1 Å². The van der Waals surface area contributed by atoms with Crippen molar-refractivity contribution in [2.24, 2.45) is 5.73 Å². The van der Waals surface area contributed by atoms with Crippen LogP contribution in [0.3, 0.4) is 0 Å². The van der Waals surface area contributed by atoms with Crippen molar-refractivity contribution in [2.45, 2.75) is 23.3 Å². The monoisotopic (exact) mass is 321 g/mol. The van der Waals surface area contributed by atoms with Gasteiger partial charge < -0.3 is 11.5 Å². The van der Waals surface area contributed by atoms with Gasteiger partial charge in [0.25, 0.3) is 0 Å². The first-order chi connectivity index (χ1) is 7.50. The van der Waals surface area contributed by atoms with E-state index in [4.69, 9.17) is 11.5 Å². The largest absolute Gasteiger partial charge is 0.399 e. The second-order valence-corrected chi connectivity index (χ2v) is 5.08. The summed E-state index contributed by atoms with van der Waals surface area (Å²) >= 11 is 3.45. The molecule has 5 nitrogen and oxygen atoms in total. The summed E-state index contributed by atoms with van der Waals surface area (Å²) in [6.45, 7) is 0. The Morgan fingerprint density at radius 3 is 2.65 bits per heavy atom. The third-order valence-corrected chi connectivity index (χ3v) is 3.81. The third kappa shape index (κ3) is 2.53. The highest BCUT2D eigenvalue weighted by Gasteiger charge is 2.39. The van der Waals surface area contributed by atoms with E-state index in [1.54, 1.807) is 12.1 Å². The molecule has 2 rings (SSSR count). The van der Waals surface area contributed by atoms with E-state index < -0.39 is 12.1 Å². The van der Waals surface area contributed by atoms with Crippen LogP contribution in [0.2, 0.25) is 0 Å². The second kappa shape index (κ2) is 5.20. The number of benzene rings is 1. The van der Waals surface area contributed by atoms with E-state index in [2.05, 4.69) is 15.9 Å². The van der Waals surface area contributed by atoms with E-state index in [-0.39, 0.29) is 22.2 Å². The summed E-state index contributed by atoms with van der Waals surface area (Å²) in [6.07, 6.45) is 0.408. The minimum Gasteiger partial charge on any atom is -0.399 e. The molecule has 0 radical (unpaired) electrons. The molecular weight excluding hydrogens is 309 g/mol. The fourth-order valence-electron chi connectivity index (χ4n) is 2.08. The highest BCUT2D eigenvalue weighted by atomic mass is 79.9. The van der Waals surface area contributed by atoms with Crippen molar-refractivity contribution in [1.29, 1.82) is 0 Å². The fraction of sp³-hybridized carbons (Fsp3) is 0.400. The smallest absolute Gasteiger partial charge is 0.233 e. The first-order valence-electron chi connectivity index (χ1n) is 4.93. The Labute approximate surface area is 113 Å². The molecule has 0 heterocycles. The van der Waals surface area contributed by atoms with Crippen LogP contribution in [-0.4, -0.2) is 11.0 Å². The van der Waals surface area contributed by atoms with Gasteiger partial charge in [-0.15, -0.1) is 12.4 Å². The van der Waals surface area contributed by atoms with Crippen LogP contribution in [0.25, 0.3) is 0 Å². The normalized spacial score (nSPS) is 26.8. The molecule has 0 aromatic heterocycles. The lowest BCUT2D eigenvalue weighted by Crippen LogP contribution is -2.37. The Bertz CT molecular complexity index is 444. The molecule has 1 aliphatic rings. The molecule has 0 saturated heterocycles. The molecule has 1 aromatic rings. The van der Waals surface area contributed by atoms with Gasteiger partial charge in [0.05, 0.1) is 6.04 Å². The van der Waals surface area contributed by atoms with E-state index in [1.165, 1.54) is 0 Å². The summed E-state index contributed by atoms with van der Waals surface area (Å²) in [6, 6.07) is 4.05. The van der Waals surface area contributed by atoms with Gasteiger partial charge in [-0.2, -0.15) is 0 Å². The van der Waals surface area contributed by atoms with Crippen molar-refractivity contribution < 1.29 is 4.92 Å². The summed E-state index contributed by atoms with van der Waals surface area (Å²) in [5.41, 5.74) is 13.9.